The van der Waals surface area contributed by atoms with Gasteiger partial charge in [-0.25, -0.2) is 0 Å². The molecular formula is C13H18N2O4. The normalized spacial score (nSPS) is 10.2. The predicted molar refractivity (Wildman–Crippen MR) is 70.9 cm³/mol. The number of rotatable bonds is 8. The van der Waals surface area contributed by atoms with Gasteiger partial charge in [-0.05, 0) is 31.5 Å². The first-order valence-corrected chi connectivity index (χ1v) is 6.14. The van der Waals surface area contributed by atoms with Gasteiger partial charge in [0.1, 0.15) is 0 Å². The number of ether oxygens (including phenoxy) is 1. The Hall–Kier alpha value is -1.95. The van der Waals surface area contributed by atoms with E-state index in [1.165, 1.54) is 19.2 Å². The minimum atomic E-state index is -0.408. The van der Waals surface area contributed by atoms with E-state index in [2.05, 4.69) is 10.1 Å². The van der Waals surface area contributed by atoms with Gasteiger partial charge in [-0.15, -0.1) is 0 Å². The molecule has 1 aromatic rings. The summed E-state index contributed by atoms with van der Waals surface area (Å²) in [6, 6.07) is 6.53. The lowest BCUT2D eigenvalue weighted by Gasteiger charge is -2.04. The number of carbonyl (C=O) groups is 1. The van der Waals surface area contributed by atoms with E-state index < -0.39 is 4.92 Å². The molecule has 6 heteroatoms. The van der Waals surface area contributed by atoms with E-state index in [0.717, 1.165) is 31.5 Å². The fourth-order valence-corrected chi connectivity index (χ4v) is 1.60. The summed E-state index contributed by atoms with van der Waals surface area (Å²) in [5.74, 6) is -0.197. The van der Waals surface area contributed by atoms with Gasteiger partial charge < -0.3 is 10.1 Å². The quantitative estimate of drug-likeness (QED) is 0.335. The van der Waals surface area contributed by atoms with Gasteiger partial charge >= 0.3 is 5.97 Å². The topological polar surface area (TPSA) is 81.5 Å². The van der Waals surface area contributed by atoms with Crippen LogP contribution >= 0.6 is 0 Å². The standard InChI is InChI=1S/C13H18N2O4/c1-19-13(16)3-2-9-14-10-8-11-4-6-12(7-5-11)15(17)18/h4-7,14H,2-3,8-10H2,1H3. The van der Waals surface area contributed by atoms with Crippen LogP contribution in [0.4, 0.5) is 5.69 Å². The lowest BCUT2D eigenvalue weighted by Crippen LogP contribution is -2.19. The van der Waals surface area contributed by atoms with Crippen molar-refractivity contribution in [2.75, 3.05) is 20.2 Å². The lowest BCUT2D eigenvalue weighted by molar-refractivity contribution is -0.384. The molecule has 104 valence electrons. The molecule has 0 aliphatic carbocycles. The van der Waals surface area contributed by atoms with Crippen LogP contribution in [0, 0.1) is 10.1 Å². The van der Waals surface area contributed by atoms with Crippen LogP contribution in [0.15, 0.2) is 24.3 Å². The van der Waals surface area contributed by atoms with E-state index >= 15 is 0 Å². The number of hydrogen-bond acceptors (Lipinski definition) is 5. The Kier molecular flexibility index (Phi) is 6.52. The molecule has 6 nitrogen and oxygen atoms in total. The molecule has 0 aliphatic rings. The summed E-state index contributed by atoms with van der Waals surface area (Å²) in [4.78, 5) is 20.9. The molecule has 0 spiro atoms. The fraction of sp³-hybridized carbons (Fsp3) is 0.462. The summed E-state index contributed by atoms with van der Waals surface area (Å²) in [7, 11) is 1.38. The van der Waals surface area contributed by atoms with E-state index in [0.29, 0.717) is 6.42 Å². The van der Waals surface area contributed by atoms with Crippen LogP contribution < -0.4 is 5.32 Å². The molecule has 0 saturated heterocycles. The molecule has 1 rings (SSSR count). The molecular weight excluding hydrogens is 248 g/mol. The zero-order chi connectivity index (χ0) is 14.1. The largest absolute Gasteiger partial charge is 0.469 e. The average Bonchev–Trinajstić information content (AvgIpc) is 2.42. The van der Waals surface area contributed by atoms with Gasteiger partial charge in [0.25, 0.3) is 5.69 Å². The lowest BCUT2D eigenvalue weighted by atomic mass is 10.1. The summed E-state index contributed by atoms with van der Waals surface area (Å²) in [5, 5.41) is 13.7. The fourth-order valence-electron chi connectivity index (χ4n) is 1.60. The van der Waals surface area contributed by atoms with Crippen LogP contribution in [-0.2, 0) is 16.0 Å². The first-order valence-electron chi connectivity index (χ1n) is 6.14. The van der Waals surface area contributed by atoms with Gasteiger partial charge in [0.15, 0.2) is 0 Å². The summed E-state index contributed by atoms with van der Waals surface area (Å²) >= 11 is 0. The van der Waals surface area contributed by atoms with Crippen molar-refractivity contribution in [1.29, 1.82) is 0 Å². The van der Waals surface area contributed by atoms with Gasteiger partial charge in [0, 0.05) is 18.6 Å². The second-order valence-corrected chi connectivity index (χ2v) is 4.10. The molecule has 0 aromatic heterocycles. The smallest absolute Gasteiger partial charge is 0.305 e. The van der Waals surface area contributed by atoms with E-state index in [-0.39, 0.29) is 11.7 Å². The van der Waals surface area contributed by atoms with Gasteiger partial charge in [0.05, 0.1) is 12.0 Å². The molecule has 0 aliphatic heterocycles. The zero-order valence-corrected chi connectivity index (χ0v) is 10.9. The molecule has 19 heavy (non-hydrogen) atoms. The summed E-state index contributed by atoms with van der Waals surface area (Å²) in [6.07, 6.45) is 1.96. The molecule has 0 atom stereocenters. The maximum absolute atomic E-state index is 10.8. The minimum Gasteiger partial charge on any atom is -0.469 e. The van der Waals surface area contributed by atoms with Gasteiger partial charge in [0.2, 0.25) is 0 Å². The second-order valence-electron chi connectivity index (χ2n) is 4.10. The molecule has 1 N–H and O–H groups in total. The highest BCUT2D eigenvalue weighted by atomic mass is 16.6. The van der Waals surface area contributed by atoms with Crippen molar-refractivity contribution in [3.8, 4) is 0 Å². The number of nitrogens with zero attached hydrogens (tertiary/aromatic N) is 1. The highest BCUT2D eigenvalue weighted by Crippen LogP contribution is 2.11. The number of benzene rings is 1. The van der Waals surface area contributed by atoms with Crippen LogP contribution in [0.1, 0.15) is 18.4 Å². The van der Waals surface area contributed by atoms with Crippen LogP contribution in [0.5, 0.6) is 0 Å². The first-order chi connectivity index (χ1) is 9.13. The van der Waals surface area contributed by atoms with E-state index in [4.69, 9.17) is 0 Å². The number of nitro groups is 1. The highest BCUT2D eigenvalue weighted by molar-refractivity contribution is 5.69. The zero-order valence-electron chi connectivity index (χ0n) is 10.9. The monoisotopic (exact) mass is 266 g/mol. The van der Waals surface area contributed by atoms with Gasteiger partial charge in [-0.2, -0.15) is 0 Å². The number of methoxy groups -OCH3 is 1. The molecule has 0 heterocycles. The number of hydrogen-bond donors (Lipinski definition) is 1. The highest BCUT2D eigenvalue weighted by Gasteiger charge is 2.03. The molecule has 0 bridgehead atoms. The number of nitrogens with one attached hydrogen (secondary N) is 1. The first kappa shape index (κ1) is 15.1. The van der Waals surface area contributed by atoms with Gasteiger partial charge in [-0.3, -0.25) is 14.9 Å². The predicted octanol–water partition coefficient (Wildman–Crippen LogP) is 1.68. The maximum atomic E-state index is 10.8. The van der Waals surface area contributed by atoms with Crippen LogP contribution in [0.2, 0.25) is 0 Å². The Balaban J connectivity index is 2.15. The van der Waals surface area contributed by atoms with Crippen molar-refractivity contribution in [3.63, 3.8) is 0 Å². The average molecular weight is 266 g/mol. The molecule has 0 amide bonds. The summed E-state index contributed by atoms with van der Waals surface area (Å²) in [6.45, 7) is 1.53. The van der Waals surface area contributed by atoms with Crippen LogP contribution in [-0.4, -0.2) is 31.1 Å². The van der Waals surface area contributed by atoms with E-state index in [1.54, 1.807) is 12.1 Å². The Morgan fingerprint density at radius 2 is 2.00 bits per heavy atom. The van der Waals surface area contributed by atoms with Crippen molar-refractivity contribution < 1.29 is 14.5 Å². The molecule has 0 saturated carbocycles. The third-order valence-electron chi connectivity index (χ3n) is 2.70. The number of nitro benzene ring substituents is 1. The number of non-ortho nitro benzene ring substituents is 1. The number of esters is 1. The van der Waals surface area contributed by atoms with Crippen molar-refractivity contribution >= 4 is 11.7 Å². The van der Waals surface area contributed by atoms with Crippen molar-refractivity contribution in [3.05, 3.63) is 39.9 Å². The van der Waals surface area contributed by atoms with Crippen molar-refractivity contribution in [1.82, 2.24) is 5.32 Å². The Labute approximate surface area is 111 Å². The SMILES string of the molecule is COC(=O)CCCNCCc1ccc([N+](=O)[O-])cc1. The Morgan fingerprint density at radius 3 is 2.58 bits per heavy atom. The maximum Gasteiger partial charge on any atom is 0.305 e. The molecule has 0 radical (unpaired) electrons. The van der Waals surface area contributed by atoms with Crippen molar-refractivity contribution in [2.24, 2.45) is 0 Å². The molecule has 0 unspecified atom stereocenters. The summed E-state index contributed by atoms with van der Waals surface area (Å²) < 4.78 is 4.53. The molecule has 1 aromatic carbocycles. The van der Waals surface area contributed by atoms with Crippen LogP contribution in [0.3, 0.4) is 0 Å². The van der Waals surface area contributed by atoms with Crippen molar-refractivity contribution in [2.45, 2.75) is 19.3 Å². The third kappa shape index (κ3) is 5.96. The van der Waals surface area contributed by atoms with Gasteiger partial charge in [-0.1, -0.05) is 12.1 Å². The number of carbonyl (C=O) groups excluding carboxylic acids is 1. The van der Waals surface area contributed by atoms with E-state index in [1.807, 2.05) is 0 Å². The Bertz CT molecular complexity index is 417. The Morgan fingerprint density at radius 1 is 1.32 bits per heavy atom. The van der Waals surface area contributed by atoms with E-state index in [9.17, 15) is 14.9 Å². The third-order valence-corrected chi connectivity index (χ3v) is 2.70. The molecule has 0 fully saturated rings. The second kappa shape index (κ2) is 8.20. The van der Waals surface area contributed by atoms with Crippen LogP contribution in [0.25, 0.3) is 0 Å². The minimum absolute atomic E-state index is 0.106. The summed E-state index contributed by atoms with van der Waals surface area (Å²) in [5.41, 5.74) is 1.15.